The molecule has 0 saturated carbocycles. The van der Waals surface area contributed by atoms with Gasteiger partial charge in [0.15, 0.2) is 0 Å². The molecule has 0 aliphatic carbocycles. The van der Waals surface area contributed by atoms with E-state index in [4.69, 9.17) is 4.74 Å². The van der Waals surface area contributed by atoms with Crippen molar-refractivity contribution in [2.45, 2.75) is 32.9 Å². The van der Waals surface area contributed by atoms with Crippen LogP contribution in [0.4, 0.5) is 4.79 Å². The number of nitrogens with one attached hydrogen (secondary N) is 2. The van der Waals surface area contributed by atoms with Crippen LogP contribution in [0.2, 0.25) is 0 Å². The maximum Gasteiger partial charge on any atom is 0.422 e. The highest BCUT2D eigenvalue weighted by Gasteiger charge is 2.15. The van der Waals surface area contributed by atoms with Crippen LogP contribution in [-0.2, 0) is 11.3 Å². The summed E-state index contributed by atoms with van der Waals surface area (Å²) in [5, 5.41) is 9.57. The molecule has 1 aromatic rings. The minimum atomic E-state index is -0.538. The first-order chi connectivity index (χ1) is 8.69. The van der Waals surface area contributed by atoms with Crippen molar-refractivity contribution in [3.63, 3.8) is 0 Å². The Morgan fingerprint density at radius 3 is 2.32 bits per heavy atom. The topological polar surface area (TPSA) is 70.6 Å². The van der Waals surface area contributed by atoms with Gasteiger partial charge in [0.25, 0.3) is 0 Å². The van der Waals surface area contributed by atoms with E-state index in [1.807, 2.05) is 0 Å². The van der Waals surface area contributed by atoms with Gasteiger partial charge in [-0.15, -0.1) is 0 Å². The van der Waals surface area contributed by atoms with E-state index in [-0.39, 0.29) is 5.75 Å². The lowest BCUT2D eigenvalue weighted by atomic mass is 10.2. The Kier molecular flexibility index (Phi) is 5.64. The standard InChI is InChI=1S/C12H16Br2N2O3/c1-12(2,3)19-11(18)16-15-6-7-4-8(13)10(17)9(14)5-7/h4-5,15,17H,6H2,1-3H3,(H,16,18). The summed E-state index contributed by atoms with van der Waals surface area (Å²) in [5.41, 5.74) is 5.54. The number of amides is 1. The number of carbonyl (C=O) groups excluding carboxylic acids is 1. The minimum Gasteiger partial charge on any atom is -0.506 e. The van der Waals surface area contributed by atoms with Crippen molar-refractivity contribution in [1.82, 2.24) is 10.9 Å². The molecule has 0 radical (unpaired) electrons. The third-order valence-corrected chi connectivity index (χ3v) is 3.17. The van der Waals surface area contributed by atoms with Crippen LogP contribution in [0, 0.1) is 0 Å². The molecule has 106 valence electrons. The van der Waals surface area contributed by atoms with Crippen LogP contribution in [0.5, 0.6) is 5.75 Å². The average Bonchev–Trinajstić information content (AvgIpc) is 2.23. The first kappa shape index (κ1) is 16.3. The Labute approximate surface area is 128 Å². The highest BCUT2D eigenvalue weighted by Crippen LogP contribution is 2.33. The summed E-state index contributed by atoms with van der Waals surface area (Å²) in [5.74, 6) is 0.142. The van der Waals surface area contributed by atoms with Crippen molar-refractivity contribution in [3.05, 3.63) is 26.6 Å². The van der Waals surface area contributed by atoms with Crippen molar-refractivity contribution in [1.29, 1.82) is 0 Å². The van der Waals surface area contributed by atoms with Gasteiger partial charge in [-0.2, -0.15) is 0 Å². The Morgan fingerprint density at radius 2 is 1.84 bits per heavy atom. The third-order valence-electron chi connectivity index (χ3n) is 1.96. The lowest BCUT2D eigenvalue weighted by Crippen LogP contribution is -2.40. The predicted octanol–water partition coefficient (Wildman–Crippen LogP) is 3.45. The van der Waals surface area contributed by atoms with Gasteiger partial charge in [0.2, 0.25) is 0 Å². The zero-order chi connectivity index (χ0) is 14.6. The Bertz CT molecular complexity index is 450. The summed E-state index contributed by atoms with van der Waals surface area (Å²) in [6, 6.07) is 3.51. The number of ether oxygens (including phenoxy) is 1. The van der Waals surface area contributed by atoms with Crippen molar-refractivity contribution < 1.29 is 14.6 Å². The number of carbonyl (C=O) groups is 1. The van der Waals surface area contributed by atoms with Gasteiger partial charge < -0.3 is 9.84 Å². The Balaban J connectivity index is 2.48. The van der Waals surface area contributed by atoms with E-state index in [2.05, 4.69) is 42.7 Å². The first-order valence-electron chi connectivity index (χ1n) is 5.58. The number of phenolic OH excluding ortho intramolecular Hbond substituents is 1. The molecule has 1 amide bonds. The molecule has 0 bridgehead atoms. The van der Waals surface area contributed by atoms with Gasteiger partial charge in [0.1, 0.15) is 11.4 Å². The molecular weight excluding hydrogens is 380 g/mol. The minimum absolute atomic E-state index is 0.142. The largest absolute Gasteiger partial charge is 0.506 e. The van der Waals surface area contributed by atoms with Crippen molar-refractivity contribution in [2.75, 3.05) is 0 Å². The van der Waals surface area contributed by atoms with Crippen LogP contribution in [0.1, 0.15) is 26.3 Å². The van der Waals surface area contributed by atoms with Crippen molar-refractivity contribution in [3.8, 4) is 5.75 Å². The quantitative estimate of drug-likeness (QED) is 0.685. The molecule has 5 nitrogen and oxygen atoms in total. The van der Waals surface area contributed by atoms with E-state index in [1.54, 1.807) is 32.9 Å². The summed E-state index contributed by atoms with van der Waals surface area (Å²) < 4.78 is 6.23. The number of halogens is 2. The van der Waals surface area contributed by atoms with Gasteiger partial charge in [-0.3, -0.25) is 5.43 Å². The summed E-state index contributed by atoms with van der Waals surface area (Å²) in [4.78, 5) is 11.4. The van der Waals surface area contributed by atoms with E-state index in [0.29, 0.717) is 15.5 Å². The summed E-state index contributed by atoms with van der Waals surface area (Å²) in [7, 11) is 0. The van der Waals surface area contributed by atoms with Gasteiger partial charge in [0.05, 0.1) is 8.95 Å². The average molecular weight is 396 g/mol. The lowest BCUT2D eigenvalue weighted by molar-refractivity contribution is 0.0497. The molecule has 7 heteroatoms. The van der Waals surface area contributed by atoms with Crippen LogP contribution in [0.25, 0.3) is 0 Å². The summed E-state index contributed by atoms with van der Waals surface area (Å²) >= 11 is 6.48. The number of benzene rings is 1. The Morgan fingerprint density at radius 1 is 1.32 bits per heavy atom. The van der Waals surface area contributed by atoms with Gasteiger partial charge in [-0.25, -0.2) is 10.2 Å². The van der Waals surface area contributed by atoms with E-state index in [1.165, 1.54) is 0 Å². The zero-order valence-electron chi connectivity index (χ0n) is 10.9. The fourth-order valence-electron chi connectivity index (χ4n) is 1.24. The van der Waals surface area contributed by atoms with Crippen LogP contribution in [0.3, 0.4) is 0 Å². The predicted molar refractivity (Wildman–Crippen MR) is 79.7 cm³/mol. The first-order valence-corrected chi connectivity index (χ1v) is 7.16. The van der Waals surface area contributed by atoms with Crippen molar-refractivity contribution >= 4 is 38.0 Å². The fraction of sp³-hybridized carbons (Fsp3) is 0.417. The summed E-state index contributed by atoms with van der Waals surface area (Å²) in [6.45, 7) is 5.78. The SMILES string of the molecule is CC(C)(C)OC(=O)NNCc1cc(Br)c(O)c(Br)c1. The second kappa shape index (κ2) is 6.58. The molecule has 1 rings (SSSR count). The number of phenols is 1. The molecule has 1 aromatic carbocycles. The van der Waals surface area contributed by atoms with Gasteiger partial charge >= 0.3 is 6.09 Å². The van der Waals surface area contributed by atoms with Gasteiger partial charge in [-0.05, 0) is 70.3 Å². The molecule has 0 aliphatic heterocycles. The number of hydrogen-bond donors (Lipinski definition) is 3. The fourth-order valence-corrected chi connectivity index (χ4v) is 2.52. The molecule has 19 heavy (non-hydrogen) atoms. The highest BCUT2D eigenvalue weighted by atomic mass is 79.9. The second-order valence-corrected chi connectivity index (χ2v) is 6.60. The molecule has 0 heterocycles. The van der Waals surface area contributed by atoms with Crippen LogP contribution in [0.15, 0.2) is 21.1 Å². The number of hydrazine groups is 1. The zero-order valence-corrected chi connectivity index (χ0v) is 14.1. The third kappa shape index (κ3) is 5.80. The van der Waals surface area contributed by atoms with Crippen molar-refractivity contribution in [2.24, 2.45) is 0 Å². The normalized spacial score (nSPS) is 11.2. The molecule has 0 spiro atoms. The molecular formula is C12H16Br2N2O3. The van der Waals surface area contributed by atoms with Crippen LogP contribution in [-0.4, -0.2) is 16.8 Å². The maximum absolute atomic E-state index is 11.4. The number of rotatable bonds is 3. The van der Waals surface area contributed by atoms with E-state index in [0.717, 1.165) is 5.56 Å². The Hall–Kier alpha value is -0.790. The second-order valence-electron chi connectivity index (χ2n) is 4.89. The lowest BCUT2D eigenvalue weighted by Gasteiger charge is -2.19. The molecule has 0 fully saturated rings. The van der Waals surface area contributed by atoms with E-state index >= 15 is 0 Å². The monoisotopic (exact) mass is 394 g/mol. The van der Waals surface area contributed by atoms with Crippen LogP contribution < -0.4 is 10.9 Å². The molecule has 0 atom stereocenters. The molecule has 0 aliphatic rings. The maximum atomic E-state index is 11.4. The van der Waals surface area contributed by atoms with E-state index < -0.39 is 11.7 Å². The molecule has 0 saturated heterocycles. The smallest absolute Gasteiger partial charge is 0.422 e. The van der Waals surface area contributed by atoms with Gasteiger partial charge in [-0.1, -0.05) is 0 Å². The van der Waals surface area contributed by atoms with Gasteiger partial charge in [0, 0.05) is 6.54 Å². The highest BCUT2D eigenvalue weighted by molar-refractivity contribution is 9.11. The van der Waals surface area contributed by atoms with E-state index in [9.17, 15) is 9.90 Å². The molecule has 3 N–H and O–H groups in total. The number of aromatic hydroxyl groups is 1. The summed E-state index contributed by atoms with van der Waals surface area (Å²) in [6.07, 6.45) is -0.538. The van der Waals surface area contributed by atoms with Crippen LogP contribution >= 0.6 is 31.9 Å². The molecule has 0 unspecified atom stereocenters. The number of hydrogen-bond acceptors (Lipinski definition) is 4. The molecule has 0 aromatic heterocycles.